The van der Waals surface area contributed by atoms with Gasteiger partial charge in [-0.15, -0.1) is 35.3 Å². The van der Waals surface area contributed by atoms with Crippen LogP contribution in [0.1, 0.15) is 29.9 Å². The zero-order valence-corrected chi connectivity index (χ0v) is 19.6. The smallest absolute Gasteiger partial charge is 0.261 e. The Hall–Kier alpha value is -0.910. The van der Waals surface area contributed by atoms with Gasteiger partial charge >= 0.3 is 0 Å². The number of hydrogen-bond acceptors (Lipinski definition) is 5. The largest absolute Gasteiger partial charge is 0.379 e. The predicted octanol–water partition coefficient (Wildman–Crippen LogP) is 1.76. The van der Waals surface area contributed by atoms with Gasteiger partial charge in [0, 0.05) is 45.3 Å². The molecule has 0 aromatic carbocycles. The summed E-state index contributed by atoms with van der Waals surface area (Å²) in [5, 5.41) is 11.5. The van der Waals surface area contributed by atoms with Gasteiger partial charge in [0.15, 0.2) is 5.96 Å². The lowest BCUT2D eigenvalue weighted by Gasteiger charge is -2.41. The molecule has 1 aromatic rings. The van der Waals surface area contributed by atoms with Crippen molar-refractivity contribution in [3.05, 3.63) is 22.4 Å². The molecular weight excluding hydrogens is 477 g/mol. The molecule has 0 saturated carbocycles. The van der Waals surface area contributed by atoms with Gasteiger partial charge < -0.3 is 20.7 Å². The van der Waals surface area contributed by atoms with E-state index in [0.717, 1.165) is 56.7 Å². The Balaban J connectivity index is 0.00000364. The highest BCUT2D eigenvalue weighted by Crippen LogP contribution is 2.14. The number of thiophene rings is 1. The summed E-state index contributed by atoms with van der Waals surface area (Å²) in [6.45, 7) is 10.2. The first-order chi connectivity index (χ1) is 12.5. The van der Waals surface area contributed by atoms with E-state index in [9.17, 15) is 4.79 Å². The van der Waals surface area contributed by atoms with E-state index >= 15 is 0 Å². The first kappa shape index (κ1) is 24.1. The third kappa shape index (κ3) is 8.32. The third-order valence-electron chi connectivity index (χ3n) is 4.46. The van der Waals surface area contributed by atoms with E-state index in [2.05, 4.69) is 39.7 Å². The van der Waals surface area contributed by atoms with Crippen LogP contribution in [0.4, 0.5) is 0 Å². The number of nitrogens with one attached hydrogen (secondary N) is 3. The molecule has 1 amide bonds. The van der Waals surface area contributed by atoms with Crippen LogP contribution >= 0.6 is 35.3 Å². The number of halogens is 1. The predicted molar refractivity (Wildman–Crippen MR) is 123 cm³/mol. The fourth-order valence-electron chi connectivity index (χ4n) is 2.79. The van der Waals surface area contributed by atoms with Crippen molar-refractivity contribution in [1.82, 2.24) is 20.9 Å². The van der Waals surface area contributed by atoms with Gasteiger partial charge in [-0.3, -0.25) is 14.7 Å². The molecule has 1 aliphatic heterocycles. The fourth-order valence-corrected chi connectivity index (χ4v) is 3.43. The second kappa shape index (κ2) is 12.5. The van der Waals surface area contributed by atoms with Crippen molar-refractivity contribution in [3.8, 4) is 0 Å². The number of morpholine rings is 1. The van der Waals surface area contributed by atoms with E-state index in [1.165, 1.54) is 11.3 Å². The Labute approximate surface area is 183 Å². The molecule has 1 saturated heterocycles. The number of aliphatic imine (C=N–C) groups is 1. The standard InChI is InChI=1S/C18H31N5O2S.HI/c1-18(2,23-9-11-25-12-10-23)14-22-17(19-3)21-8-5-7-20-16(24)15-6-4-13-26-15;/h4,6,13H,5,7-12,14H2,1-3H3,(H,20,24)(H2,19,21,22);1H. The second-order valence-electron chi connectivity index (χ2n) is 6.85. The van der Waals surface area contributed by atoms with Crippen molar-refractivity contribution >= 4 is 47.2 Å². The van der Waals surface area contributed by atoms with E-state index < -0.39 is 0 Å². The Bertz CT molecular complexity index is 574. The molecule has 0 radical (unpaired) electrons. The van der Waals surface area contributed by atoms with Crippen LogP contribution in [0.15, 0.2) is 22.5 Å². The lowest BCUT2D eigenvalue weighted by molar-refractivity contribution is -0.00833. The van der Waals surface area contributed by atoms with E-state index in [-0.39, 0.29) is 35.4 Å². The van der Waals surface area contributed by atoms with Gasteiger partial charge in [-0.1, -0.05) is 6.07 Å². The average molecular weight is 509 g/mol. The summed E-state index contributed by atoms with van der Waals surface area (Å²) < 4.78 is 5.43. The lowest BCUT2D eigenvalue weighted by atomic mass is 10.0. The maximum atomic E-state index is 11.9. The topological polar surface area (TPSA) is 78.0 Å². The van der Waals surface area contributed by atoms with Crippen LogP contribution in [0.3, 0.4) is 0 Å². The zero-order chi connectivity index (χ0) is 18.8. The summed E-state index contributed by atoms with van der Waals surface area (Å²) in [7, 11) is 1.77. The summed E-state index contributed by atoms with van der Waals surface area (Å²) >= 11 is 1.46. The number of carbonyl (C=O) groups is 1. The molecule has 27 heavy (non-hydrogen) atoms. The van der Waals surface area contributed by atoms with Crippen LogP contribution in [0.2, 0.25) is 0 Å². The molecule has 1 fully saturated rings. The molecular formula is C18H32IN5O2S. The molecule has 0 spiro atoms. The zero-order valence-electron chi connectivity index (χ0n) is 16.4. The first-order valence-corrected chi connectivity index (χ1v) is 10.00. The first-order valence-electron chi connectivity index (χ1n) is 9.12. The third-order valence-corrected chi connectivity index (χ3v) is 5.32. The molecule has 0 bridgehead atoms. The summed E-state index contributed by atoms with van der Waals surface area (Å²) in [6, 6.07) is 3.72. The molecule has 9 heteroatoms. The minimum absolute atomic E-state index is 0. The van der Waals surface area contributed by atoms with Gasteiger partial charge in [-0.2, -0.15) is 0 Å². The van der Waals surface area contributed by atoms with Gasteiger partial charge in [0.1, 0.15) is 0 Å². The minimum atomic E-state index is -0.00484. The maximum Gasteiger partial charge on any atom is 0.261 e. The molecule has 2 heterocycles. The minimum Gasteiger partial charge on any atom is -0.379 e. The molecule has 1 aromatic heterocycles. The van der Waals surface area contributed by atoms with Crippen molar-refractivity contribution in [2.75, 3.05) is 53.0 Å². The fraction of sp³-hybridized carbons (Fsp3) is 0.667. The van der Waals surface area contributed by atoms with Gasteiger partial charge in [0.2, 0.25) is 0 Å². The number of carbonyl (C=O) groups excluding carboxylic acids is 1. The van der Waals surface area contributed by atoms with Crippen LogP contribution in [0.25, 0.3) is 0 Å². The quantitative estimate of drug-likeness (QED) is 0.216. The average Bonchev–Trinajstić information content (AvgIpc) is 3.19. The van der Waals surface area contributed by atoms with Gasteiger partial charge in [0.25, 0.3) is 5.91 Å². The Kier molecular flexibility index (Phi) is 11.2. The number of hydrogen-bond donors (Lipinski definition) is 3. The van der Waals surface area contributed by atoms with Crippen LogP contribution in [0, 0.1) is 0 Å². The highest BCUT2D eigenvalue weighted by Gasteiger charge is 2.28. The Morgan fingerprint density at radius 3 is 2.59 bits per heavy atom. The number of ether oxygens (including phenoxy) is 1. The molecule has 0 atom stereocenters. The van der Waals surface area contributed by atoms with Gasteiger partial charge in [-0.05, 0) is 31.7 Å². The second-order valence-corrected chi connectivity index (χ2v) is 7.80. The van der Waals surface area contributed by atoms with E-state index in [1.807, 2.05) is 17.5 Å². The highest BCUT2D eigenvalue weighted by molar-refractivity contribution is 14.0. The molecule has 154 valence electrons. The lowest BCUT2D eigenvalue weighted by Crippen LogP contribution is -2.56. The number of nitrogens with zero attached hydrogens (tertiary/aromatic N) is 2. The number of rotatable bonds is 8. The molecule has 0 aliphatic carbocycles. The van der Waals surface area contributed by atoms with Crippen molar-refractivity contribution < 1.29 is 9.53 Å². The molecule has 7 nitrogen and oxygen atoms in total. The molecule has 2 rings (SSSR count). The van der Waals surface area contributed by atoms with Crippen LogP contribution in [-0.2, 0) is 4.74 Å². The number of amides is 1. The van der Waals surface area contributed by atoms with E-state index in [1.54, 1.807) is 7.05 Å². The van der Waals surface area contributed by atoms with Gasteiger partial charge in [-0.25, -0.2) is 0 Å². The van der Waals surface area contributed by atoms with Crippen LogP contribution in [0.5, 0.6) is 0 Å². The summed E-state index contributed by atoms with van der Waals surface area (Å²) in [4.78, 5) is 19.3. The highest BCUT2D eigenvalue weighted by atomic mass is 127. The Morgan fingerprint density at radius 2 is 1.96 bits per heavy atom. The summed E-state index contributed by atoms with van der Waals surface area (Å²) in [6.07, 6.45) is 0.838. The van der Waals surface area contributed by atoms with Crippen molar-refractivity contribution in [1.29, 1.82) is 0 Å². The SMILES string of the molecule is CN=C(NCCCNC(=O)c1cccs1)NCC(C)(C)N1CCOCC1.I. The maximum absolute atomic E-state index is 11.9. The van der Waals surface area contributed by atoms with E-state index in [0.29, 0.717) is 6.54 Å². The van der Waals surface area contributed by atoms with Crippen molar-refractivity contribution in [3.63, 3.8) is 0 Å². The van der Waals surface area contributed by atoms with Crippen molar-refractivity contribution in [2.45, 2.75) is 25.8 Å². The van der Waals surface area contributed by atoms with Crippen molar-refractivity contribution in [2.24, 2.45) is 4.99 Å². The van der Waals surface area contributed by atoms with Crippen LogP contribution in [-0.4, -0.2) is 75.3 Å². The monoisotopic (exact) mass is 509 g/mol. The Morgan fingerprint density at radius 1 is 1.26 bits per heavy atom. The molecule has 3 N–H and O–H groups in total. The van der Waals surface area contributed by atoms with Crippen LogP contribution < -0.4 is 16.0 Å². The molecule has 0 unspecified atom stereocenters. The number of guanidine groups is 1. The summed E-state index contributed by atoms with van der Waals surface area (Å²) in [5.41, 5.74) is 0.0378. The normalized spacial score (nSPS) is 15.7. The molecule has 1 aliphatic rings. The van der Waals surface area contributed by atoms with E-state index in [4.69, 9.17) is 4.74 Å². The van der Waals surface area contributed by atoms with Gasteiger partial charge in [0.05, 0.1) is 18.1 Å². The summed E-state index contributed by atoms with van der Waals surface area (Å²) in [5.74, 6) is 0.783.